The van der Waals surface area contributed by atoms with Gasteiger partial charge in [-0.2, -0.15) is 0 Å². The van der Waals surface area contributed by atoms with Crippen LogP contribution in [0, 0.1) is 5.92 Å². The predicted octanol–water partition coefficient (Wildman–Crippen LogP) is 4.03. The van der Waals surface area contributed by atoms with E-state index in [0.717, 1.165) is 16.1 Å². The molecule has 2 unspecified atom stereocenters. The Morgan fingerprint density at radius 2 is 2.11 bits per heavy atom. The Balaban J connectivity index is 2.26. The molecule has 0 spiro atoms. The van der Waals surface area contributed by atoms with E-state index in [1.165, 1.54) is 25.7 Å². The first-order chi connectivity index (χ1) is 9.13. The standard InChI is InChI=1S/C15H22N2S2/c1-10-6-3-4-7-11(10)17-12-8-5-9-13(19-2)14(12)15(16)18/h5,8-11,17H,3-4,6-7H2,1-2H3,(H2,16,18). The molecule has 2 rings (SSSR count). The van der Waals surface area contributed by atoms with E-state index in [0.29, 0.717) is 16.9 Å². The molecular formula is C15H22N2S2. The monoisotopic (exact) mass is 294 g/mol. The van der Waals surface area contributed by atoms with E-state index >= 15 is 0 Å². The van der Waals surface area contributed by atoms with Gasteiger partial charge in [-0.1, -0.05) is 38.0 Å². The van der Waals surface area contributed by atoms with Crippen molar-refractivity contribution in [2.75, 3.05) is 11.6 Å². The summed E-state index contributed by atoms with van der Waals surface area (Å²) in [5.74, 6) is 0.714. The molecule has 4 heteroatoms. The molecule has 1 saturated carbocycles. The van der Waals surface area contributed by atoms with Crippen molar-refractivity contribution in [1.29, 1.82) is 0 Å². The van der Waals surface area contributed by atoms with Gasteiger partial charge in [0.1, 0.15) is 4.99 Å². The summed E-state index contributed by atoms with van der Waals surface area (Å²) < 4.78 is 0. The van der Waals surface area contributed by atoms with E-state index in [1.54, 1.807) is 11.8 Å². The van der Waals surface area contributed by atoms with Crippen LogP contribution in [0.15, 0.2) is 23.1 Å². The number of rotatable bonds is 4. The molecule has 0 radical (unpaired) electrons. The largest absolute Gasteiger partial charge is 0.389 e. The number of anilines is 1. The van der Waals surface area contributed by atoms with Gasteiger partial charge >= 0.3 is 0 Å². The Morgan fingerprint density at radius 3 is 2.74 bits per heavy atom. The summed E-state index contributed by atoms with van der Waals surface area (Å²) in [6, 6.07) is 6.78. The lowest BCUT2D eigenvalue weighted by Gasteiger charge is -2.31. The van der Waals surface area contributed by atoms with Gasteiger partial charge in [0.15, 0.2) is 0 Å². The molecule has 1 aromatic carbocycles. The first-order valence-electron chi connectivity index (χ1n) is 6.87. The Hall–Kier alpha value is -0.740. The second kappa shape index (κ2) is 6.62. The molecule has 0 aliphatic heterocycles. The molecule has 0 amide bonds. The van der Waals surface area contributed by atoms with Crippen LogP contribution in [-0.2, 0) is 0 Å². The highest BCUT2D eigenvalue weighted by molar-refractivity contribution is 7.98. The zero-order valence-corrected chi connectivity index (χ0v) is 13.2. The van der Waals surface area contributed by atoms with Crippen molar-refractivity contribution in [2.24, 2.45) is 11.7 Å². The molecule has 1 aliphatic carbocycles. The van der Waals surface area contributed by atoms with Crippen LogP contribution in [0.1, 0.15) is 38.2 Å². The number of nitrogens with two attached hydrogens (primary N) is 1. The predicted molar refractivity (Wildman–Crippen MR) is 89.2 cm³/mol. The highest BCUT2D eigenvalue weighted by atomic mass is 32.2. The number of benzene rings is 1. The second-order valence-corrected chi connectivity index (χ2v) is 6.55. The first kappa shape index (κ1) is 14.7. The van der Waals surface area contributed by atoms with Crippen LogP contribution in [0.2, 0.25) is 0 Å². The fourth-order valence-electron chi connectivity index (χ4n) is 2.81. The molecule has 0 heterocycles. The van der Waals surface area contributed by atoms with E-state index < -0.39 is 0 Å². The Kier molecular flexibility index (Phi) is 5.11. The normalized spacial score (nSPS) is 23.1. The van der Waals surface area contributed by atoms with Crippen LogP contribution < -0.4 is 11.1 Å². The Labute approximate surface area is 125 Å². The molecule has 0 bridgehead atoms. The summed E-state index contributed by atoms with van der Waals surface area (Å²) in [5.41, 5.74) is 8.01. The average Bonchev–Trinajstić information content (AvgIpc) is 2.40. The van der Waals surface area contributed by atoms with Crippen LogP contribution in [0.5, 0.6) is 0 Å². The van der Waals surface area contributed by atoms with Crippen molar-refractivity contribution in [1.82, 2.24) is 0 Å². The molecule has 1 aliphatic rings. The lowest BCUT2D eigenvalue weighted by Crippen LogP contribution is -2.31. The smallest absolute Gasteiger partial charge is 0.107 e. The average molecular weight is 294 g/mol. The summed E-state index contributed by atoms with van der Waals surface area (Å²) in [7, 11) is 0. The molecular weight excluding hydrogens is 272 g/mol. The number of thiocarbonyl (C=S) groups is 1. The highest BCUT2D eigenvalue weighted by Gasteiger charge is 2.22. The summed E-state index contributed by atoms with van der Waals surface area (Å²) in [6.45, 7) is 2.33. The lowest BCUT2D eigenvalue weighted by molar-refractivity contribution is 0.349. The molecule has 1 aromatic rings. The zero-order chi connectivity index (χ0) is 13.8. The third-order valence-corrected chi connectivity index (χ3v) is 4.93. The van der Waals surface area contributed by atoms with E-state index in [4.69, 9.17) is 18.0 Å². The number of hydrogen-bond donors (Lipinski definition) is 2. The van der Waals surface area contributed by atoms with Crippen molar-refractivity contribution < 1.29 is 0 Å². The van der Waals surface area contributed by atoms with Crippen LogP contribution >= 0.6 is 24.0 Å². The van der Waals surface area contributed by atoms with E-state index in [2.05, 4.69) is 36.7 Å². The van der Waals surface area contributed by atoms with Crippen molar-refractivity contribution in [3.05, 3.63) is 23.8 Å². The van der Waals surface area contributed by atoms with Gasteiger partial charge in [0.05, 0.1) is 0 Å². The van der Waals surface area contributed by atoms with Gasteiger partial charge in [-0.05, 0) is 37.1 Å². The van der Waals surface area contributed by atoms with E-state index in [-0.39, 0.29) is 0 Å². The molecule has 2 atom stereocenters. The number of nitrogens with one attached hydrogen (secondary N) is 1. The molecule has 0 saturated heterocycles. The summed E-state index contributed by atoms with van der Waals surface area (Å²) in [5, 5.41) is 3.67. The van der Waals surface area contributed by atoms with Gasteiger partial charge in [-0.15, -0.1) is 11.8 Å². The maximum atomic E-state index is 5.91. The molecule has 19 heavy (non-hydrogen) atoms. The van der Waals surface area contributed by atoms with Crippen molar-refractivity contribution in [2.45, 2.75) is 43.5 Å². The zero-order valence-electron chi connectivity index (χ0n) is 11.6. The molecule has 0 aromatic heterocycles. The quantitative estimate of drug-likeness (QED) is 0.649. The lowest BCUT2D eigenvalue weighted by atomic mass is 9.85. The maximum Gasteiger partial charge on any atom is 0.107 e. The summed E-state index contributed by atoms with van der Waals surface area (Å²) in [6.07, 6.45) is 7.27. The Morgan fingerprint density at radius 1 is 1.37 bits per heavy atom. The van der Waals surface area contributed by atoms with Gasteiger partial charge in [0.2, 0.25) is 0 Å². The molecule has 3 N–H and O–H groups in total. The highest BCUT2D eigenvalue weighted by Crippen LogP contribution is 2.31. The maximum absolute atomic E-state index is 5.91. The number of thioether (sulfide) groups is 1. The van der Waals surface area contributed by atoms with Gasteiger partial charge < -0.3 is 11.1 Å². The minimum atomic E-state index is 0.482. The fourth-order valence-corrected chi connectivity index (χ4v) is 3.73. The fraction of sp³-hybridized carbons (Fsp3) is 0.533. The van der Waals surface area contributed by atoms with Gasteiger partial charge in [0, 0.05) is 22.2 Å². The summed E-state index contributed by atoms with van der Waals surface area (Å²) >= 11 is 6.92. The minimum Gasteiger partial charge on any atom is -0.389 e. The first-order valence-corrected chi connectivity index (χ1v) is 8.50. The van der Waals surface area contributed by atoms with Gasteiger partial charge in [0.25, 0.3) is 0 Å². The Bertz CT molecular complexity index is 459. The molecule has 1 fully saturated rings. The van der Waals surface area contributed by atoms with Crippen LogP contribution in [-0.4, -0.2) is 17.3 Å². The molecule has 2 nitrogen and oxygen atoms in total. The SMILES string of the molecule is CSc1cccc(NC2CCCCC2C)c1C(N)=S. The number of hydrogen-bond acceptors (Lipinski definition) is 3. The van der Waals surface area contributed by atoms with Crippen molar-refractivity contribution in [3.8, 4) is 0 Å². The van der Waals surface area contributed by atoms with Gasteiger partial charge in [-0.25, -0.2) is 0 Å². The van der Waals surface area contributed by atoms with Crippen LogP contribution in [0.4, 0.5) is 5.69 Å². The van der Waals surface area contributed by atoms with E-state index in [9.17, 15) is 0 Å². The third kappa shape index (κ3) is 3.42. The van der Waals surface area contributed by atoms with Crippen LogP contribution in [0.3, 0.4) is 0 Å². The van der Waals surface area contributed by atoms with Crippen molar-refractivity contribution in [3.63, 3.8) is 0 Å². The summed E-state index contributed by atoms with van der Waals surface area (Å²) in [4.78, 5) is 1.64. The topological polar surface area (TPSA) is 38.0 Å². The molecule has 104 valence electrons. The second-order valence-electron chi connectivity index (χ2n) is 5.26. The van der Waals surface area contributed by atoms with Gasteiger partial charge in [-0.3, -0.25) is 0 Å². The van der Waals surface area contributed by atoms with E-state index in [1.807, 2.05) is 0 Å². The minimum absolute atomic E-state index is 0.482. The third-order valence-electron chi connectivity index (χ3n) is 3.94. The van der Waals surface area contributed by atoms with Crippen molar-refractivity contribution >= 4 is 34.7 Å². The van der Waals surface area contributed by atoms with Crippen LogP contribution in [0.25, 0.3) is 0 Å².